The van der Waals surface area contributed by atoms with Crippen LogP contribution in [-0.2, 0) is 9.53 Å². The Bertz CT molecular complexity index is 273. The van der Waals surface area contributed by atoms with Crippen molar-refractivity contribution >= 4 is 5.91 Å². The minimum Gasteiger partial charge on any atom is -0.378 e. The Kier molecular flexibility index (Phi) is 20.9. The molecule has 150 valence electrons. The maximum absolute atomic E-state index is 11.6. The molecule has 0 heterocycles. The van der Waals surface area contributed by atoms with Gasteiger partial charge in [0.25, 0.3) is 0 Å². The quantitative estimate of drug-likeness (QED) is 0.303. The highest BCUT2D eigenvalue weighted by atomic mass is 16.5. The van der Waals surface area contributed by atoms with E-state index in [0.29, 0.717) is 32.7 Å². The molecule has 0 aliphatic carbocycles. The lowest BCUT2D eigenvalue weighted by Crippen LogP contribution is -2.27. The predicted molar refractivity (Wildman–Crippen MR) is 108 cm³/mol. The van der Waals surface area contributed by atoms with E-state index in [-0.39, 0.29) is 5.91 Å². The third-order valence-corrected chi connectivity index (χ3v) is 4.59. The summed E-state index contributed by atoms with van der Waals surface area (Å²) in [4.78, 5) is 11.6. The lowest BCUT2D eigenvalue weighted by Gasteiger charge is -2.06. The van der Waals surface area contributed by atoms with Gasteiger partial charge in [-0.3, -0.25) is 4.79 Å². The van der Waals surface area contributed by atoms with Crippen molar-refractivity contribution in [2.24, 2.45) is 5.73 Å². The van der Waals surface area contributed by atoms with E-state index >= 15 is 0 Å². The molecule has 0 aliphatic heterocycles. The number of rotatable bonds is 20. The van der Waals surface area contributed by atoms with E-state index in [1.54, 1.807) is 0 Å². The first kappa shape index (κ1) is 24.4. The van der Waals surface area contributed by atoms with Crippen LogP contribution in [0.2, 0.25) is 0 Å². The van der Waals surface area contributed by atoms with Crippen molar-refractivity contribution in [2.45, 2.75) is 103 Å². The number of nitrogens with one attached hydrogen (secondary N) is 1. The fourth-order valence-corrected chi connectivity index (χ4v) is 3.02. The van der Waals surface area contributed by atoms with Gasteiger partial charge in [0, 0.05) is 19.5 Å². The lowest BCUT2D eigenvalue weighted by atomic mass is 10.0. The Hall–Kier alpha value is -0.610. The van der Waals surface area contributed by atoms with Crippen molar-refractivity contribution in [3.05, 3.63) is 0 Å². The summed E-state index contributed by atoms with van der Waals surface area (Å²) in [6.07, 6.45) is 19.5. The van der Waals surface area contributed by atoms with E-state index in [4.69, 9.17) is 10.5 Å². The average molecular weight is 357 g/mol. The standard InChI is InChI=1S/C21H44N2O2/c1-2-3-4-5-6-7-8-9-10-11-12-13-14-15-16-21(24)23-18-20-25-19-17-22/h2-20,22H2,1H3,(H,23,24). The SMILES string of the molecule is CCCCCCCCCCCCCCCCC(=O)NCCOCCN. The number of carbonyl (C=O) groups is 1. The van der Waals surface area contributed by atoms with Crippen LogP contribution in [-0.4, -0.2) is 32.2 Å². The molecular weight excluding hydrogens is 312 g/mol. The van der Waals surface area contributed by atoms with Crippen LogP contribution < -0.4 is 11.1 Å². The molecule has 0 saturated heterocycles. The summed E-state index contributed by atoms with van der Waals surface area (Å²) in [5.41, 5.74) is 5.32. The molecule has 0 spiro atoms. The number of nitrogens with two attached hydrogens (primary N) is 1. The Morgan fingerprint density at radius 1 is 0.760 bits per heavy atom. The predicted octanol–water partition coefficient (Wildman–Crippen LogP) is 4.95. The second-order valence-corrected chi connectivity index (χ2v) is 7.10. The van der Waals surface area contributed by atoms with E-state index in [2.05, 4.69) is 12.2 Å². The molecule has 0 atom stereocenters. The smallest absolute Gasteiger partial charge is 0.220 e. The number of hydrogen-bond acceptors (Lipinski definition) is 3. The van der Waals surface area contributed by atoms with E-state index in [1.807, 2.05) is 0 Å². The van der Waals surface area contributed by atoms with Gasteiger partial charge < -0.3 is 15.8 Å². The van der Waals surface area contributed by atoms with E-state index in [0.717, 1.165) is 6.42 Å². The fourth-order valence-electron chi connectivity index (χ4n) is 3.02. The molecule has 25 heavy (non-hydrogen) atoms. The summed E-state index contributed by atoms with van der Waals surface area (Å²) in [6, 6.07) is 0. The van der Waals surface area contributed by atoms with Gasteiger partial charge >= 0.3 is 0 Å². The van der Waals surface area contributed by atoms with Crippen molar-refractivity contribution in [3.8, 4) is 0 Å². The molecule has 3 N–H and O–H groups in total. The number of carbonyl (C=O) groups excluding carboxylic acids is 1. The van der Waals surface area contributed by atoms with Crippen molar-refractivity contribution in [2.75, 3.05) is 26.3 Å². The lowest BCUT2D eigenvalue weighted by molar-refractivity contribution is -0.121. The van der Waals surface area contributed by atoms with Gasteiger partial charge in [0.05, 0.1) is 13.2 Å². The number of hydrogen-bond donors (Lipinski definition) is 2. The summed E-state index contributed by atoms with van der Waals surface area (Å²) >= 11 is 0. The Morgan fingerprint density at radius 2 is 1.24 bits per heavy atom. The van der Waals surface area contributed by atoms with Crippen LogP contribution in [0.4, 0.5) is 0 Å². The molecule has 0 bridgehead atoms. The highest BCUT2D eigenvalue weighted by molar-refractivity contribution is 5.75. The largest absolute Gasteiger partial charge is 0.378 e. The Labute approximate surface area is 156 Å². The highest BCUT2D eigenvalue weighted by Gasteiger charge is 2.00. The first-order valence-corrected chi connectivity index (χ1v) is 10.9. The molecule has 0 aromatic heterocycles. The minimum absolute atomic E-state index is 0.148. The Balaban J connectivity index is 3.09. The van der Waals surface area contributed by atoms with Crippen molar-refractivity contribution in [1.29, 1.82) is 0 Å². The summed E-state index contributed by atoms with van der Waals surface area (Å²) in [5.74, 6) is 0.148. The number of unbranched alkanes of at least 4 members (excludes halogenated alkanes) is 13. The molecular formula is C21H44N2O2. The van der Waals surface area contributed by atoms with Crippen LogP contribution in [0.15, 0.2) is 0 Å². The molecule has 4 nitrogen and oxygen atoms in total. The summed E-state index contributed by atoms with van der Waals surface area (Å²) < 4.78 is 5.22. The molecule has 0 aliphatic rings. The van der Waals surface area contributed by atoms with Gasteiger partial charge in [-0.25, -0.2) is 0 Å². The van der Waals surface area contributed by atoms with Crippen molar-refractivity contribution in [3.63, 3.8) is 0 Å². The first-order chi connectivity index (χ1) is 12.3. The van der Waals surface area contributed by atoms with Gasteiger partial charge in [-0.15, -0.1) is 0 Å². The van der Waals surface area contributed by atoms with Gasteiger partial charge in [0.2, 0.25) is 5.91 Å². The molecule has 0 fully saturated rings. The highest BCUT2D eigenvalue weighted by Crippen LogP contribution is 2.13. The van der Waals surface area contributed by atoms with Gasteiger partial charge in [-0.05, 0) is 6.42 Å². The molecule has 0 radical (unpaired) electrons. The zero-order chi connectivity index (χ0) is 18.4. The van der Waals surface area contributed by atoms with E-state index in [9.17, 15) is 4.79 Å². The molecule has 0 aromatic carbocycles. The third-order valence-electron chi connectivity index (χ3n) is 4.59. The van der Waals surface area contributed by atoms with Crippen LogP contribution in [0.3, 0.4) is 0 Å². The van der Waals surface area contributed by atoms with Crippen LogP contribution >= 0.6 is 0 Å². The van der Waals surface area contributed by atoms with E-state index < -0.39 is 0 Å². The number of ether oxygens (including phenoxy) is 1. The summed E-state index contributed by atoms with van der Waals surface area (Å²) in [5, 5.41) is 2.88. The third kappa shape index (κ3) is 21.3. The fraction of sp³-hybridized carbons (Fsp3) is 0.952. The second-order valence-electron chi connectivity index (χ2n) is 7.10. The topological polar surface area (TPSA) is 64.3 Å². The van der Waals surface area contributed by atoms with Crippen molar-refractivity contribution < 1.29 is 9.53 Å². The summed E-state index contributed by atoms with van der Waals surface area (Å²) in [6.45, 7) is 4.53. The monoisotopic (exact) mass is 356 g/mol. The van der Waals surface area contributed by atoms with Gasteiger partial charge in [0.1, 0.15) is 0 Å². The van der Waals surface area contributed by atoms with Gasteiger partial charge in [-0.2, -0.15) is 0 Å². The minimum atomic E-state index is 0.148. The molecule has 0 unspecified atom stereocenters. The van der Waals surface area contributed by atoms with Crippen LogP contribution in [0, 0.1) is 0 Å². The average Bonchev–Trinajstić information content (AvgIpc) is 2.62. The van der Waals surface area contributed by atoms with Crippen LogP contribution in [0.25, 0.3) is 0 Å². The summed E-state index contributed by atoms with van der Waals surface area (Å²) in [7, 11) is 0. The normalized spacial score (nSPS) is 11.0. The maximum Gasteiger partial charge on any atom is 0.220 e. The zero-order valence-corrected chi connectivity index (χ0v) is 16.8. The molecule has 0 aromatic rings. The maximum atomic E-state index is 11.6. The van der Waals surface area contributed by atoms with Gasteiger partial charge in [-0.1, -0.05) is 90.4 Å². The first-order valence-electron chi connectivity index (χ1n) is 10.9. The number of amides is 1. The van der Waals surface area contributed by atoms with Gasteiger partial charge in [0.15, 0.2) is 0 Å². The second kappa shape index (κ2) is 21.4. The molecule has 0 saturated carbocycles. The van der Waals surface area contributed by atoms with E-state index in [1.165, 1.54) is 83.5 Å². The molecule has 1 amide bonds. The van der Waals surface area contributed by atoms with Crippen LogP contribution in [0.5, 0.6) is 0 Å². The molecule has 4 heteroatoms. The Morgan fingerprint density at radius 3 is 1.72 bits per heavy atom. The van der Waals surface area contributed by atoms with Crippen molar-refractivity contribution in [1.82, 2.24) is 5.32 Å². The molecule has 0 rings (SSSR count). The van der Waals surface area contributed by atoms with Crippen LogP contribution in [0.1, 0.15) is 103 Å². The zero-order valence-electron chi connectivity index (χ0n) is 16.8.